The number of thiophene rings is 1. The van der Waals surface area contributed by atoms with E-state index in [0.717, 1.165) is 24.3 Å². The average molecular weight is 288 g/mol. The molecule has 1 aliphatic heterocycles. The second kappa shape index (κ2) is 5.69. The maximum Gasteiger partial charge on any atom is 0.216 e. The van der Waals surface area contributed by atoms with E-state index in [-0.39, 0.29) is 5.25 Å². The van der Waals surface area contributed by atoms with Crippen LogP contribution in [0.15, 0.2) is 6.07 Å². The number of hydrogen-bond acceptors (Lipinski definition) is 4. The Balaban J connectivity index is 1.96. The van der Waals surface area contributed by atoms with Crippen LogP contribution in [0.1, 0.15) is 28.2 Å². The Hall–Kier alpha value is -0.430. The molecular formula is C12H20N2O2S2. The molecule has 0 spiro atoms. The van der Waals surface area contributed by atoms with Crippen LogP contribution in [0, 0.1) is 13.8 Å². The summed E-state index contributed by atoms with van der Waals surface area (Å²) < 4.78 is 26.9. The van der Waals surface area contributed by atoms with Crippen molar-refractivity contribution in [2.24, 2.45) is 0 Å². The van der Waals surface area contributed by atoms with Gasteiger partial charge in [0.05, 0.1) is 5.25 Å². The molecule has 1 aliphatic rings. The van der Waals surface area contributed by atoms with E-state index in [1.54, 1.807) is 11.3 Å². The first-order chi connectivity index (χ1) is 8.49. The summed E-state index contributed by atoms with van der Waals surface area (Å²) in [5.74, 6) is 0. The van der Waals surface area contributed by atoms with Crippen LogP contribution in [0.3, 0.4) is 0 Å². The number of sulfonamides is 1. The Bertz CT molecular complexity index is 483. The zero-order valence-corrected chi connectivity index (χ0v) is 12.5. The highest BCUT2D eigenvalue weighted by Crippen LogP contribution is 2.21. The molecule has 102 valence electrons. The molecule has 1 aromatic rings. The highest BCUT2D eigenvalue weighted by molar-refractivity contribution is 7.90. The fourth-order valence-corrected chi connectivity index (χ4v) is 4.60. The Morgan fingerprint density at radius 1 is 1.50 bits per heavy atom. The van der Waals surface area contributed by atoms with E-state index in [1.807, 2.05) is 0 Å². The van der Waals surface area contributed by atoms with Gasteiger partial charge in [0.25, 0.3) is 0 Å². The van der Waals surface area contributed by atoms with Crippen molar-refractivity contribution in [2.45, 2.75) is 38.5 Å². The molecular weight excluding hydrogens is 268 g/mol. The molecule has 6 heteroatoms. The summed E-state index contributed by atoms with van der Waals surface area (Å²) >= 11 is 1.66. The van der Waals surface area contributed by atoms with Crippen LogP contribution >= 0.6 is 11.3 Å². The lowest BCUT2D eigenvalue weighted by Gasteiger charge is -2.22. The smallest absolute Gasteiger partial charge is 0.216 e. The molecule has 18 heavy (non-hydrogen) atoms. The van der Waals surface area contributed by atoms with Crippen LogP contribution in [0.2, 0.25) is 0 Å². The largest absolute Gasteiger partial charge is 0.315 e. The Morgan fingerprint density at radius 2 is 2.28 bits per heavy atom. The lowest BCUT2D eigenvalue weighted by molar-refractivity contribution is 0.490. The number of aryl methyl sites for hydroxylation is 2. The maximum atomic E-state index is 12.1. The van der Waals surface area contributed by atoms with Crippen LogP contribution in [-0.4, -0.2) is 26.8 Å². The minimum Gasteiger partial charge on any atom is -0.315 e. The molecule has 4 nitrogen and oxygen atoms in total. The topological polar surface area (TPSA) is 58.2 Å². The SMILES string of the molecule is Cc1cc(CNS(=O)(=O)C2CCCNC2)sc1C. The molecule has 2 rings (SSSR count). The third-order valence-corrected chi connectivity index (χ3v) is 6.33. The minimum atomic E-state index is -3.19. The zero-order chi connectivity index (χ0) is 13.2. The molecule has 2 heterocycles. The molecule has 1 unspecified atom stereocenters. The van der Waals surface area contributed by atoms with E-state index in [1.165, 1.54) is 10.4 Å². The molecule has 0 saturated carbocycles. The zero-order valence-electron chi connectivity index (χ0n) is 10.8. The van der Waals surface area contributed by atoms with Gasteiger partial charge < -0.3 is 5.32 Å². The van der Waals surface area contributed by atoms with Gasteiger partial charge in [-0.05, 0) is 44.9 Å². The van der Waals surface area contributed by atoms with Crippen molar-refractivity contribution in [3.8, 4) is 0 Å². The summed E-state index contributed by atoms with van der Waals surface area (Å²) in [6.07, 6.45) is 1.69. The highest BCUT2D eigenvalue weighted by atomic mass is 32.2. The number of nitrogens with one attached hydrogen (secondary N) is 2. The van der Waals surface area contributed by atoms with Crippen molar-refractivity contribution in [1.82, 2.24) is 10.0 Å². The van der Waals surface area contributed by atoms with Gasteiger partial charge in [0.2, 0.25) is 10.0 Å². The molecule has 1 aromatic heterocycles. The average Bonchev–Trinajstić information content (AvgIpc) is 2.68. The molecule has 2 N–H and O–H groups in total. The van der Waals surface area contributed by atoms with Gasteiger partial charge >= 0.3 is 0 Å². The first-order valence-corrected chi connectivity index (χ1v) is 8.60. The molecule has 0 amide bonds. The van der Waals surface area contributed by atoms with Crippen molar-refractivity contribution in [1.29, 1.82) is 0 Å². The normalized spacial score (nSPS) is 21.1. The molecule has 0 radical (unpaired) electrons. The first kappa shape index (κ1) is 14.0. The van der Waals surface area contributed by atoms with Crippen molar-refractivity contribution < 1.29 is 8.42 Å². The summed E-state index contributed by atoms with van der Waals surface area (Å²) in [4.78, 5) is 2.33. The van der Waals surface area contributed by atoms with Crippen molar-refractivity contribution in [2.75, 3.05) is 13.1 Å². The predicted molar refractivity (Wildman–Crippen MR) is 75.4 cm³/mol. The quantitative estimate of drug-likeness (QED) is 0.883. The Labute approximate surface area is 113 Å². The summed E-state index contributed by atoms with van der Waals surface area (Å²) in [5.41, 5.74) is 1.23. The monoisotopic (exact) mass is 288 g/mol. The molecule has 0 bridgehead atoms. The molecule has 1 saturated heterocycles. The number of hydrogen-bond donors (Lipinski definition) is 2. The van der Waals surface area contributed by atoms with E-state index >= 15 is 0 Å². The predicted octanol–water partition coefficient (Wildman–Crippen LogP) is 1.54. The fraction of sp³-hybridized carbons (Fsp3) is 0.667. The van der Waals surface area contributed by atoms with E-state index in [4.69, 9.17) is 0 Å². The first-order valence-electron chi connectivity index (χ1n) is 6.24. The summed E-state index contributed by atoms with van der Waals surface area (Å²) in [5, 5.41) is 2.85. The van der Waals surface area contributed by atoms with E-state index < -0.39 is 10.0 Å². The Kier molecular flexibility index (Phi) is 4.42. The molecule has 1 atom stereocenters. The number of piperidine rings is 1. The fourth-order valence-electron chi connectivity index (χ4n) is 2.11. The van der Waals surface area contributed by atoms with Crippen LogP contribution in [0.25, 0.3) is 0 Å². The van der Waals surface area contributed by atoms with Gasteiger partial charge in [-0.3, -0.25) is 0 Å². The second-order valence-electron chi connectivity index (χ2n) is 4.79. The second-order valence-corrected chi connectivity index (χ2v) is 8.17. The summed E-state index contributed by atoms with van der Waals surface area (Å²) in [6.45, 7) is 6.02. The van der Waals surface area contributed by atoms with Gasteiger partial charge in [0.15, 0.2) is 0 Å². The van der Waals surface area contributed by atoms with Gasteiger partial charge in [-0.25, -0.2) is 13.1 Å². The van der Waals surface area contributed by atoms with E-state index in [9.17, 15) is 8.42 Å². The van der Waals surface area contributed by atoms with Crippen molar-refractivity contribution >= 4 is 21.4 Å². The molecule has 0 aliphatic carbocycles. The van der Waals surface area contributed by atoms with E-state index in [0.29, 0.717) is 13.1 Å². The van der Waals surface area contributed by atoms with Crippen molar-refractivity contribution in [3.05, 3.63) is 21.4 Å². The molecule has 0 aromatic carbocycles. The van der Waals surface area contributed by atoms with Gasteiger partial charge in [-0.1, -0.05) is 0 Å². The van der Waals surface area contributed by atoms with Crippen molar-refractivity contribution in [3.63, 3.8) is 0 Å². The van der Waals surface area contributed by atoms with E-state index in [2.05, 4.69) is 30.0 Å². The van der Waals surface area contributed by atoms with Crippen LogP contribution in [0.5, 0.6) is 0 Å². The van der Waals surface area contributed by atoms with Crippen LogP contribution in [-0.2, 0) is 16.6 Å². The maximum absolute atomic E-state index is 12.1. The third-order valence-electron chi connectivity index (χ3n) is 3.36. The van der Waals surface area contributed by atoms with Crippen LogP contribution in [0.4, 0.5) is 0 Å². The lowest BCUT2D eigenvalue weighted by atomic mass is 10.2. The minimum absolute atomic E-state index is 0.284. The van der Waals surface area contributed by atoms with Gasteiger partial charge in [-0.15, -0.1) is 11.3 Å². The standard InChI is InChI=1S/C12H20N2O2S2/c1-9-6-11(17-10(9)2)7-14-18(15,16)12-4-3-5-13-8-12/h6,12-14H,3-5,7-8H2,1-2H3. The highest BCUT2D eigenvalue weighted by Gasteiger charge is 2.26. The summed E-state index contributed by atoms with van der Waals surface area (Å²) in [7, 11) is -3.19. The van der Waals surface area contributed by atoms with Crippen LogP contribution < -0.4 is 10.0 Å². The van der Waals surface area contributed by atoms with Gasteiger partial charge in [0, 0.05) is 22.8 Å². The number of rotatable bonds is 4. The lowest BCUT2D eigenvalue weighted by Crippen LogP contribution is -2.43. The summed E-state index contributed by atoms with van der Waals surface area (Å²) in [6, 6.07) is 2.06. The third kappa shape index (κ3) is 3.32. The van der Waals surface area contributed by atoms with Gasteiger partial charge in [0.1, 0.15) is 0 Å². The van der Waals surface area contributed by atoms with Gasteiger partial charge in [-0.2, -0.15) is 0 Å². The molecule has 1 fully saturated rings. The Morgan fingerprint density at radius 3 is 2.83 bits per heavy atom.